The number of hydrogen-bond acceptors (Lipinski definition) is 9. The van der Waals surface area contributed by atoms with Gasteiger partial charge in [-0.1, -0.05) is 78.3 Å². The number of nitrogens with zero attached hydrogens (tertiary/aromatic N) is 3. The molecule has 0 aromatic heterocycles. The van der Waals surface area contributed by atoms with Crippen molar-refractivity contribution in [2.75, 3.05) is 47.4 Å². The maximum absolute atomic E-state index is 15.3. The Balaban J connectivity index is 1.44. The average molecular weight is 747 g/mol. The highest BCUT2D eigenvalue weighted by Gasteiger charge is 2.47. The van der Waals surface area contributed by atoms with Crippen LogP contribution in [0.1, 0.15) is 79.2 Å². The van der Waals surface area contributed by atoms with Gasteiger partial charge in [0.25, 0.3) is 0 Å². The van der Waals surface area contributed by atoms with Gasteiger partial charge in [0.2, 0.25) is 17.7 Å². The molecule has 2 unspecified atom stereocenters. The molecule has 2 N–H and O–H groups in total. The van der Waals surface area contributed by atoms with E-state index in [2.05, 4.69) is 10.6 Å². The Morgan fingerprint density at radius 3 is 2.42 bits per heavy atom. The second kappa shape index (κ2) is 19.3. The number of methoxy groups -OCH3 is 2. The molecule has 12 nitrogen and oxygen atoms in total. The fourth-order valence-electron chi connectivity index (χ4n) is 8.43. The fraction of sp³-hybridized carbons (Fsp3) is 0.775. The normalized spacial score (nSPS) is 26.9. The quantitative estimate of drug-likeness (QED) is 0.149. The van der Waals surface area contributed by atoms with Gasteiger partial charge in [-0.25, -0.2) is 4.39 Å². The number of halogens is 1. The molecule has 3 heterocycles. The zero-order valence-corrected chi connectivity index (χ0v) is 33.4. The van der Waals surface area contributed by atoms with Crippen molar-refractivity contribution in [3.8, 4) is 0 Å². The second-order valence-electron chi connectivity index (χ2n) is 16.1. The molecule has 1 aromatic rings. The second-order valence-corrected chi connectivity index (χ2v) is 16.1. The molecule has 1 aromatic carbocycles. The van der Waals surface area contributed by atoms with Crippen LogP contribution in [0.5, 0.6) is 0 Å². The largest absolute Gasteiger partial charge is 0.784 e. The van der Waals surface area contributed by atoms with E-state index in [-0.39, 0.29) is 85.9 Å². The predicted octanol–water partition coefficient (Wildman–Crippen LogP) is 4.15. The first-order valence-corrected chi connectivity index (χ1v) is 19.6. The summed E-state index contributed by atoms with van der Waals surface area (Å²) in [4.78, 5) is 45.5. The number of benzene rings is 1. The molecule has 11 atom stereocenters. The SMILES string of the molecule is CC[C@H](C)[C@@H]([C@@H](CC(=O)N1CCC[C@H]1[C@H](C)[C@@H](C)C(=O)N[C@@H](Cc1ccccc1)C1OC1OC)OC)N(C)C(=O)[C@H](C(C)C)N([O-])C[C@]1(F)CCNC1. The summed E-state index contributed by atoms with van der Waals surface area (Å²) in [6, 6.07) is 7.98. The molecular formula is C40H65FN5O7-. The average Bonchev–Trinajstić information content (AvgIpc) is 3.53. The summed E-state index contributed by atoms with van der Waals surface area (Å²) in [5, 5.41) is 20.2. The Kier molecular flexibility index (Phi) is 15.6. The van der Waals surface area contributed by atoms with Crippen LogP contribution in [0.25, 0.3) is 0 Å². The molecule has 0 radical (unpaired) electrons. The Hall–Kier alpha value is -2.68. The minimum absolute atomic E-state index is 0.0379. The first-order chi connectivity index (χ1) is 25.2. The minimum Gasteiger partial charge on any atom is -0.784 e. The standard InChI is InChI=1S/C40H65FN5O7/c1-10-26(4)35(44(7)38(49)34(25(2)3)46(50)24-40(41)18-19-42-23-40)32(51-8)22-33(47)45-20-14-17-31(45)27(5)28(6)37(48)43-30(36-39(52-9)53-36)21-29-15-12-11-13-16-29/h11-13,15-16,25-28,30-32,34-36,39,42H,10,14,17-24H2,1-9H3,(H,43,48)/q-1/t26-,27+,28+,30-,31-,32+,34-,35-,36?,39?,40-/m0/s1. The van der Waals surface area contributed by atoms with Gasteiger partial charge >= 0.3 is 0 Å². The van der Waals surface area contributed by atoms with Crippen LogP contribution in [0.3, 0.4) is 0 Å². The van der Waals surface area contributed by atoms with Crippen LogP contribution in [-0.4, -0.2) is 128 Å². The van der Waals surface area contributed by atoms with Crippen LogP contribution >= 0.6 is 0 Å². The lowest BCUT2D eigenvalue weighted by Crippen LogP contribution is -2.58. The van der Waals surface area contributed by atoms with E-state index in [1.165, 1.54) is 0 Å². The molecule has 300 valence electrons. The van der Waals surface area contributed by atoms with Crippen molar-refractivity contribution in [2.45, 2.75) is 128 Å². The third-order valence-corrected chi connectivity index (χ3v) is 12.1. The number of carbonyl (C=O) groups excluding carboxylic acids is 3. The summed E-state index contributed by atoms with van der Waals surface area (Å²) in [6.45, 7) is 12.3. The highest BCUT2D eigenvalue weighted by atomic mass is 19.1. The number of carbonyl (C=O) groups is 3. The third-order valence-electron chi connectivity index (χ3n) is 12.1. The van der Waals surface area contributed by atoms with Gasteiger partial charge < -0.3 is 44.9 Å². The number of rotatable bonds is 20. The van der Waals surface area contributed by atoms with E-state index in [0.29, 0.717) is 31.0 Å². The molecule has 0 bridgehead atoms. The van der Waals surface area contributed by atoms with Crippen LogP contribution in [0, 0.1) is 28.9 Å². The molecule has 13 heteroatoms. The van der Waals surface area contributed by atoms with Crippen LogP contribution in [-0.2, 0) is 35.0 Å². The van der Waals surface area contributed by atoms with Gasteiger partial charge in [-0.15, -0.1) is 0 Å². The first-order valence-electron chi connectivity index (χ1n) is 19.6. The lowest BCUT2D eigenvalue weighted by Gasteiger charge is -2.46. The highest BCUT2D eigenvalue weighted by molar-refractivity contribution is 5.83. The Morgan fingerprint density at radius 1 is 1.15 bits per heavy atom. The summed E-state index contributed by atoms with van der Waals surface area (Å²) in [6.07, 6.45) is 1.95. The lowest BCUT2D eigenvalue weighted by atomic mass is 9.86. The molecule has 3 saturated heterocycles. The summed E-state index contributed by atoms with van der Waals surface area (Å²) < 4.78 is 32.4. The number of epoxide rings is 1. The smallest absolute Gasteiger partial charge is 0.239 e. The van der Waals surface area contributed by atoms with Crippen LogP contribution < -0.4 is 10.6 Å². The van der Waals surface area contributed by atoms with E-state index in [9.17, 15) is 19.6 Å². The number of likely N-dealkylation sites (tertiary alicyclic amines) is 1. The molecule has 53 heavy (non-hydrogen) atoms. The van der Waals surface area contributed by atoms with Crippen molar-refractivity contribution >= 4 is 17.7 Å². The number of hydroxylamine groups is 2. The van der Waals surface area contributed by atoms with Crippen molar-refractivity contribution in [3.05, 3.63) is 41.1 Å². The molecule has 3 amide bonds. The zero-order chi connectivity index (χ0) is 39.0. The number of ether oxygens (including phenoxy) is 3. The van der Waals surface area contributed by atoms with Gasteiger partial charge in [0.15, 0.2) is 6.29 Å². The zero-order valence-electron chi connectivity index (χ0n) is 33.4. The van der Waals surface area contributed by atoms with Crippen molar-refractivity contribution in [1.29, 1.82) is 0 Å². The number of alkyl halides is 1. The monoisotopic (exact) mass is 746 g/mol. The Bertz CT molecular complexity index is 1330. The summed E-state index contributed by atoms with van der Waals surface area (Å²) in [5.74, 6) is -1.53. The predicted molar refractivity (Wildman–Crippen MR) is 202 cm³/mol. The molecule has 0 aliphatic carbocycles. The summed E-state index contributed by atoms with van der Waals surface area (Å²) in [5.41, 5.74) is -0.595. The van der Waals surface area contributed by atoms with E-state index in [4.69, 9.17) is 14.2 Å². The van der Waals surface area contributed by atoms with Crippen molar-refractivity contribution in [3.63, 3.8) is 0 Å². The minimum atomic E-state index is -1.69. The van der Waals surface area contributed by atoms with E-state index >= 15 is 4.39 Å². The molecular weight excluding hydrogens is 681 g/mol. The number of amides is 3. The van der Waals surface area contributed by atoms with E-state index in [0.717, 1.165) is 18.4 Å². The fourth-order valence-corrected chi connectivity index (χ4v) is 8.43. The summed E-state index contributed by atoms with van der Waals surface area (Å²) in [7, 11) is 4.80. The lowest BCUT2D eigenvalue weighted by molar-refractivity contribution is -0.147. The van der Waals surface area contributed by atoms with Crippen LogP contribution in [0.2, 0.25) is 0 Å². The molecule has 3 fully saturated rings. The van der Waals surface area contributed by atoms with Gasteiger partial charge in [0.1, 0.15) is 11.8 Å². The third kappa shape index (κ3) is 10.8. The first kappa shape index (κ1) is 43.1. The number of likely N-dealkylation sites (N-methyl/N-ethyl adjacent to an activating group) is 1. The van der Waals surface area contributed by atoms with Gasteiger partial charge in [-0.3, -0.25) is 14.4 Å². The van der Waals surface area contributed by atoms with E-state index in [1.54, 1.807) is 40.0 Å². The van der Waals surface area contributed by atoms with Crippen molar-refractivity contribution in [2.24, 2.45) is 23.7 Å². The molecule has 0 spiro atoms. The molecule has 3 aliphatic heterocycles. The Labute approximate surface area is 316 Å². The summed E-state index contributed by atoms with van der Waals surface area (Å²) >= 11 is 0. The maximum Gasteiger partial charge on any atom is 0.239 e. The van der Waals surface area contributed by atoms with Gasteiger partial charge in [0, 0.05) is 52.9 Å². The highest BCUT2D eigenvalue weighted by Crippen LogP contribution is 2.33. The number of nitrogens with one attached hydrogen (secondary N) is 2. The molecule has 4 rings (SSSR count). The van der Waals surface area contributed by atoms with Crippen molar-refractivity contribution in [1.82, 2.24) is 25.5 Å². The van der Waals surface area contributed by atoms with E-state index in [1.807, 2.05) is 62.9 Å². The number of hydrogen-bond donors (Lipinski definition) is 2. The Morgan fingerprint density at radius 2 is 1.85 bits per heavy atom. The maximum atomic E-state index is 15.3. The molecule has 3 aliphatic rings. The van der Waals surface area contributed by atoms with E-state index < -0.39 is 29.8 Å². The molecule has 0 saturated carbocycles. The van der Waals surface area contributed by atoms with Crippen molar-refractivity contribution < 1.29 is 33.0 Å². The van der Waals surface area contributed by atoms with Gasteiger partial charge in [-0.2, -0.15) is 0 Å². The van der Waals surface area contributed by atoms with Crippen LogP contribution in [0.4, 0.5) is 4.39 Å². The topological polar surface area (TPSA) is 139 Å². The van der Waals surface area contributed by atoms with Crippen LogP contribution in [0.15, 0.2) is 30.3 Å². The van der Waals surface area contributed by atoms with Gasteiger partial charge in [0.05, 0.1) is 30.7 Å². The van der Waals surface area contributed by atoms with Gasteiger partial charge in [-0.05, 0) is 55.5 Å².